The van der Waals surface area contributed by atoms with Crippen LogP contribution in [0.5, 0.6) is 0 Å². The highest BCUT2D eigenvalue weighted by Gasteiger charge is 2.18. The average Bonchev–Trinajstić information content (AvgIpc) is 2.40. The zero-order chi connectivity index (χ0) is 14.4. The minimum absolute atomic E-state index is 0.00339. The predicted molar refractivity (Wildman–Crippen MR) is 74.5 cm³/mol. The number of pyridine rings is 1. The maximum Gasteiger partial charge on any atom is 0.255 e. The molecule has 19 heavy (non-hydrogen) atoms. The van der Waals surface area contributed by atoms with Crippen molar-refractivity contribution in [3.63, 3.8) is 0 Å². The van der Waals surface area contributed by atoms with Gasteiger partial charge in [-0.2, -0.15) is 0 Å². The SMILES string of the molecule is CCCN(CC(=O)NC)C(=O)c1cnc(Cl)c(Cl)c1. The molecule has 0 saturated heterocycles. The monoisotopic (exact) mass is 303 g/mol. The summed E-state index contributed by atoms with van der Waals surface area (Å²) < 4.78 is 0. The van der Waals surface area contributed by atoms with Crippen molar-refractivity contribution < 1.29 is 9.59 Å². The summed E-state index contributed by atoms with van der Waals surface area (Å²) >= 11 is 11.5. The summed E-state index contributed by atoms with van der Waals surface area (Å²) in [5.74, 6) is -0.522. The van der Waals surface area contributed by atoms with Crippen molar-refractivity contribution in [3.8, 4) is 0 Å². The van der Waals surface area contributed by atoms with Crippen LogP contribution >= 0.6 is 23.2 Å². The van der Waals surface area contributed by atoms with Gasteiger partial charge in [0.1, 0.15) is 5.15 Å². The maximum atomic E-state index is 12.3. The van der Waals surface area contributed by atoms with E-state index in [1.165, 1.54) is 24.2 Å². The first-order chi connectivity index (χ1) is 8.99. The Morgan fingerprint density at radius 3 is 2.63 bits per heavy atom. The van der Waals surface area contributed by atoms with E-state index in [0.29, 0.717) is 12.1 Å². The lowest BCUT2D eigenvalue weighted by atomic mass is 10.2. The molecule has 0 unspecified atom stereocenters. The number of carbonyl (C=O) groups excluding carboxylic acids is 2. The first-order valence-electron chi connectivity index (χ1n) is 5.80. The van der Waals surface area contributed by atoms with Gasteiger partial charge in [0.15, 0.2) is 0 Å². The van der Waals surface area contributed by atoms with Crippen LogP contribution < -0.4 is 5.32 Å². The third kappa shape index (κ3) is 4.36. The molecule has 1 aromatic rings. The molecule has 104 valence electrons. The number of aromatic nitrogens is 1. The van der Waals surface area contributed by atoms with Gasteiger partial charge in [-0.05, 0) is 12.5 Å². The lowest BCUT2D eigenvalue weighted by molar-refractivity contribution is -0.121. The van der Waals surface area contributed by atoms with E-state index in [0.717, 1.165) is 6.42 Å². The van der Waals surface area contributed by atoms with Gasteiger partial charge in [0, 0.05) is 19.8 Å². The molecule has 0 aromatic carbocycles. The van der Waals surface area contributed by atoms with Gasteiger partial charge in [-0.3, -0.25) is 9.59 Å². The van der Waals surface area contributed by atoms with E-state index in [9.17, 15) is 9.59 Å². The molecule has 7 heteroatoms. The molecule has 1 rings (SSSR count). The Labute approximate surface area is 121 Å². The molecule has 0 spiro atoms. The van der Waals surface area contributed by atoms with Crippen LogP contribution in [0.1, 0.15) is 23.7 Å². The normalized spacial score (nSPS) is 10.1. The molecule has 2 amide bonds. The van der Waals surface area contributed by atoms with Gasteiger partial charge >= 0.3 is 0 Å². The van der Waals surface area contributed by atoms with Crippen LogP contribution in [-0.2, 0) is 4.79 Å². The molecule has 1 aromatic heterocycles. The Balaban J connectivity index is 2.91. The highest BCUT2D eigenvalue weighted by Crippen LogP contribution is 2.20. The topological polar surface area (TPSA) is 62.3 Å². The molecule has 1 heterocycles. The zero-order valence-corrected chi connectivity index (χ0v) is 12.3. The van der Waals surface area contributed by atoms with Crippen LogP contribution in [0.25, 0.3) is 0 Å². The van der Waals surface area contributed by atoms with Crippen molar-refractivity contribution in [1.82, 2.24) is 15.2 Å². The smallest absolute Gasteiger partial charge is 0.255 e. The van der Waals surface area contributed by atoms with E-state index >= 15 is 0 Å². The lowest BCUT2D eigenvalue weighted by Gasteiger charge is -2.21. The van der Waals surface area contributed by atoms with Crippen LogP contribution in [0.15, 0.2) is 12.3 Å². The minimum Gasteiger partial charge on any atom is -0.358 e. The van der Waals surface area contributed by atoms with Crippen LogP contribution in [0.4, 0.5) is 0 Å². The number of carbonyl (C=O) groups is 2. The molecule has 0 radical (unpaired) electrons. The second-order valence-electron chi connectivity index (χ2n) is 3.90. The van der Waals surface area contributed by atoms with Crippen molar-refractivity contribution >= 4 is 35.0 Å². The fourth-order valence-electron chi connectivity index (χ4n) is 1.50. The predicted octanol–water partition coefficient (Wildman–Crippen LogP) is 1.99. The third-order valence-corrected chi connectivity index (χ3v) is 3.12. The Morgan fingerprint density at radius 1 is 1.42 bits per heavy atom. The van der Waals surface area contributed by atoms with Crippen molar-refractivity contribution in [2.45, 2.75) is 13.3 Å². The summed E-state index contributed by atoms with van der Waals surface area (Å²) in [5.41, 5.74) is 0.312. The molecule has 0 atom stereocenters. The largest absolute Gasteiger partial charge is 0.358 e. The number of amides is 2. The van der Waals surface area contributed by atoms with E-state index in [1.807, 2.05) is 6.92 Å². The number of nitrogens with zero attached hydrogens (tertiary/aromatic N) is 2. The quantitative estimate of drug-likeness (QED) is 0.846. The Bertz CT molecular complexity index is 480. The number of rotatable bonds is 5. The van der Waals surface area contributed by atoms with Gasteiger partial charge in [-0.1, -0.05) is 30.1 Å². The van der Waals surface area contributed by atoms with Crippen molar-refractivity contribution in [2.75, 3.05) is 20.1 Å². The number of hydrogen-bond acceptors (Lipinski definition) is 3. The molecule has 0 saturated carbocycles. The second kappa shape index (κ2) is 7.31. The summed E-state index contributed by atoms with van der Waals surface area (Å²) in [5, 5.41) is 2.84. The van der Waals surface area contributed by atoms with E-state index < -0.39 is 0 Å². The molecule has 0 bridgehead atoms. The number of halogens is 2. The Morgan fingerprint density at radius 2 is 2.11 bits per heavy atom. The van der Waals surface area contributed by atoms with Gasteiger partial charge in [0.25, 0.3) is 5.91 Å². The van der Waals surface area contributed by atoms with E-state index in [4.69, 9.17) is 23.2 Å². The van der Waals surface area contributed by atoms with E-state index in [1.54, 1.807) is 0 Å². The van der Waals surface area contributed by atoms with Crippen LogP contribution in [0, 0.1) is 0 Å². The van der Waals surface area contributed by atoms with Crippen LogP contribution in [-0.4, -0.2) is 41.8 Å². The fraction of sp³-hybridized carbons (Fsp3) is 0.417. The molecule has 5 nitrogen and oxygen atoms in total. The van der Waals surface area contributed by atoms with Crippen molar-refractivity contribution in [3.05, 3.63) is 28.0 Å². The second-order valence-corrected chi connectivity index (χ2v) is 4.66. The first kappa shape index (κ1) is 15.7. The molecular formula is C12H15Cl2N3O2. The van der Waals surface area contributed by atoms with Gasteiger partial charge in [-0.25, -0.2) is 4.98 Å². The molecule has 0 aliphatic rings. The van der Waals surface area contributed by atoms with Crippen LogP contribution in [0.2, 0.25) is 10.2 Å². The summed E-state index contributed by atoms with van der Waals surface area (Å²) in [4.78, 5) is 28.9. The number of nitrogens with one attached hydrogen (secondary N) is 1. The van der Waals surface area contributed by atoms with Crippen molar-refractivity contribution in [1.29, 1.82) is 0 Å². The first-order valence-corrected chi connectivity index (χ1v) is 6.56. The molecule has 0 fully saturated rings. The van der Waals surface area contributed by atoms with E-state index in [-0.39, 0.29) is 28.5 Å². The Hall–Kier alpha value is -1.33. The molecule has 0 aliphatic heterocycles. The summed E-state index contributed by atoms with van der Waals surface area (Å²) in [6.07, 6.45) is 2.10. The fourth-order valence-corrected chi connectivity index (χ4v) is 1.77. The van der Waals surface area contributed by atoms with Gasteiger partial charge < -0.3 is 10.2 Å². The zero-order valence-electron chi connectivity index (χ0n) is 10.7. The van der Waals surface area contributed by atoms with Crippen LogP contribution in [0.3, 0.4) is 0 Å². The van der Waals surface area contributed by atoms with E-state index in [2.05, 4.69) is 10.3 Å². The Kier molecular flexibility index (Phi) is 6.05. The summed E-state index contributed by atoms with van der Waals surface area (Å²) in [6.45, 7) is 2.41. The van der Waals surface area contributed by atoms with Crippen molar-refractivity contribution in [2.24, 2.45) is 0 Å². The maximum absolute atomic E-state index is 12.3. The number of hydrogen-bond donors (Lipinski definition) is 1. The highest BCUT2D eigenvalue weighted by atomic mass is 35.5. The average molecular weight is 304 g/mol. The third-order valence-electron chi connectivity index (χ3n) is 2.44. The van der Waals surface area contributed by atoms with Gasteiger partial charge in [0.2, 0.25) is 5.91 Å². The summed E-state index contributed by atoms with van der Waals surface area (Å²) in [7, 11) is 1.53. The minimum atomic E-state index is -0.295. The molecular weight excluding hydrogens is 289 g/mol. The standard InChI is InChI=1S/C12H15Cl2N3O2/c1-3-4-17(7-10(18)15-2)12(19)8-5-9(13)11(14)16-6-8/h5-6H,3-4,7H2,1-2H3,(H,15,18). The molecule has 1 N–H and O–H groups in total. The lowest BCUT2D eigenvalue weighted by Crippen LogP contribution is -2.40. The highest BCUT2D eigenvalue weighted by molar-refractivity contribution is 6.41. The van der Waals surface area contributed by atoms with Gasteiger partial charge in [-0.15, -0.1) is 0 Å². The summed E-state index contributed by atoms with van der Waals surface area (Å²) in [6, 6.07) is 1.45. The molecule has 0 aliphatic carbocycles. The van der Waals surface area contributed by atoms with Gasteiger partial charge in [0.05, 0.1) is 17.1 Å². The number of likely N-dealkylation sites (N-methyl/N-ethyl adjacent to an activating group) is 1.